The molecule has 0 bridgehead atoms. The lowest BCUT2D eigenvalue weighted by molar-refractivity contribution is 0.0412. The van der Waals surface area contributed by atoms with Crippen molar-refractivity contribution in [1.29, 1.82) is 0 Å². The molecule has 0 saturated carbocycles. The molecule has 1 atom stereocenters. The Morgan fingerprint density at radius 3 is 1.95 bits per heavy atom. The number of hydrogen-bond donors (Lipinski definition) is 1. The van der Waals surface area contributed by atoms with Crippen LogP contribution >= 0.6 is 0 Å². The molecule has 0 fully saturated rings. The minimum Gasteiger partial charge on any atom is -0.390 e. The maximum atomic E-state index is 10.3. The van der Waals surface area contributed by atoms with E-state index in [0.29, 0.717) is 0 Å². The Labute approximate surface area is 132 Å². The van der Waals surface area contributed by atoms with E-state index < -0.39 is 5.60 Å². The van der Waals surface area contributed by atoms with Gasteiger partial charge < -0.3 is 5.11 Å². The third-order valence-corrected chi connectivity index (χ3v) is 3.74. The van der Waals surface area contributed by atoms with E-state index in [2.05, 4.69) is 52.8 Å². The number of hydrogen-bond acceptors (Lipinski definition) is 1. The van der Waals surface area contributed by atoms with Gasteiger partial charge in [-0.1, -0.05) is 34.9 Å². The maximum Gasteiger partial charge on any atom is 0.0622 e. The van der Waals surface area contributed by atoms with E-state index in [0.717, 1.165) is 44.9 Å². The van der Waals surface area contributed by atoms with Gasteiger partial charge in [0.1, 0.15) is 0 Å². The molecule has 0 aromatic carbocycles. The van der Waals surface area contributed by atoms with Crippen LogP contribution in [0.3, 0.4) is 0 Å². The topological polar surface area (TPSA) is 20.2 Å². The van der Waals surface area contributed by atoms with Crippen LogP contribution in [0.2, 0.25) is 0 Å². The minimum absolute atomic E-state index is 0.518. The van der Waals surface area contributed by atoms with Crippen LogP contribution in [-0.2, 0) is 0 Å². The first kappa shape index (κ1) is 20.2. The summed E-state index contributed by atoms with van der Waals surface area (Å²) in [6.45, 7) is 12.7. The molecular weight excluding hydrogens is 256 g/mol. The lowest BCUT2D eigenvalue weighted by Gasteiger charge is -2.22. The summed E-state index contributed by atoms with van der Waals surface area (Å²) >= 11 is 0. The number of allylic oxidation sites excluding steroid dienone is 6. The quantitative estimate of drug-likeness (QED) is 0.367. The SMILES string of the molecule is CC(C)=CCC/C(C)=C/CCC[C@@](C)(O)CCC=C(C)C. The van der Waals surface area contributed by atoms with Gasteiger partial charge in [0, 0.05) is 0 Å². The van der Waals surface area contributed by atoms with E-state index in [-0.39, 0.29) is 0 Å². The molecule has 1 heteroatoms. The van der Waals surface area contributed by atoms with Crippen molar-refractivity contribution in [2.24, 2.45) is 0 Å². The second-order valence-electron chi connectivity index (χ2n) is 7.08. The van der Waals surface area contributed by atoms with Gasteiger partial charge >= 0.3 is 0 Å². The van der Waals surface area contributed by atoms with Gasteiger partial charge in [0.05, 0.1) is 5.60 Å². The van der Waals surface area contributed by atoms with E-state index in [1.54, 1.807) is 0 Å². The van der Waals surface area contributed by atoms with Crippen molar-refractivity contribution in [3.63, 3.8) is 0 Å². The molecule has 0 radical (unpaired) electrons. The first-order valence-electron chi connectivity index (χ1n) is 8.38. The Morgan fingerprint density at radius 1 is 0.810 bits per heavy atom. The number of unbranched alkanes of at least 4 members (excludes halogenated alkanes) is 1. The Kier molecular flexibility index (Phi) is 10.4. The molecule has 0 aliphatic carbocycles. The molecule has 0 heterocycles. The highest BCUT2D eigenvalue weighted by atomic mass is 16.3. The van der Waals surface area contributed by atoms with Crippen molar-refractivity contribution >= 4 is 0 Å². The van der Waals surface area contributed by atoms with Crippen LogP contribution in [0.15, 0.2) is 34.9 Å². The van der Waals surface area contributed by atoms with Gasteiger partial charge in [-0.05, 0) is 86.5 Å². The Balaban J connectivity index is 3.90. The largest absolute Gasteiger partial charge is 0.390 e. The first-order valence-corrected chi connectivity index (χ1v) is 8.38. The lowest BCUT2D eigenvalue weighted by atomic mass is 9.93. The van der Waals surface area contributed by atoms with Gasteiger partial charge in [-0.25, -0.2) is 0 Å². The van der Waals surface area contributed by atoms with E-state index in [9.17, 15) is 5.11 Å². The molecule has 0 rings (SSSR count). The molecule has 0 saturated heterocycles. The van der Waals surface area contributed by atoms with Gasteiger partial charge in [-0.3, -0.25) is 0 Å². The molecule has 1 N–H and O–H groups in total. The van der Waals surface area contributed by atoms with Crippen LogP contribution < -0.4 is 0 Å². The van der Waals surface area contributed by atoms with Crippen molar-refractivity contribution in [3.8, 4) is 0 Å². The fraction of sp³-hybridized carbons (Fsp3) is 0.700. The third kappa shape index (κ3) is 13.9. The molecule has 0 aromatic heterocycles. The second kappa shape index (κ2) is 10.8. The normalized spacial score (nSPS) is 14.5. The molecule has 122 valence electrons. The lowest BCUT2D eigenvalue weighted by Crippen LogP contribution is -2.23. The van der Waals surface area contributed by atoms with Crippen LogP contribution in [0.1, 0.15) is 86.5 Å². The van der Waals surface area contributed by atoms with Crippen LogP contribution in [-0.4, -0.2) is 10.7 Å². The fourth-order valence-electron chi connectivity index (χ4n) is 2.32. The highest BCUT2D eigenvalue weighted by Gasteiger charge is 2.18. The fourth-order valence-corrected chi connectivity index (χ4v) is 2.32. The van der Waals surface area contributed by atoms with E-state index in [1.807, 2.05) is 6.92 Å². The second-order valence-corrected chi connectivity index (χ2v) is 7.08. The summed E-state index contributed by atoms with van der Waals surface area (Å²) in [6, 6.07) is 0. The molecule has 0 spiro atoms. The van der Waals surface area contributed by atoms with Gasteiger partial charge in [0.2, 0.25) is 0 Å². The van der Waals surface area contributed by atoms with Crippen LogP contribution in [0.4, 0.5) is 0 Å². The molecule has 0 amide bonds. The van der Waals surface area contributed by atoms with Gasteiger partial charge in [-0.15, -0.1) is 0 Å². The molecule has 0 aliphatic rings. The summed E-state index contributed by atoms with van der Waals surface area (Å²) in [5.74, 6) is 0. The summed E-state index contributed by atoms with van der Waals surface area (Å²) in [5.41, 5.74) is 3.68. The predicted molar refractivity (Wildman–Crippen MR) is 95.6 cm³/mol. The van der Waals surface area contributed by atoms with Crippen LogP contribution in [0, 0.1) is 0 Å². The Morgan fingerprint density at radius 2 is 1.38 bits per heavy atom. The predicted octanol–water partition coefficient (Wildman–Crippen LogP) is 6.35. The summed E-state index contributed by atoms with van der Waals surface area (Å²) in [6.07, 6.45) is 14.0. The standard InChI is InChI=1S/C20H36O/c1-17(2)11-9-14-19(5)13-7-8-15-20(6,21)16-10-12-18(3)4/h11-13,21H,7-10,14-16H2,1-6H3/b19-13+/t20-/m1/s1. The summed E-state index contributed by atoms with van der Waals surface area (Å²) in [5, 5.41) is 10.3. The van der Waals surface area contributed by atoms with Crippen molar-refractivity contribution < 1.29 is 5.11 Å². The Hall–Kier alpha value is -0.820. The van der Waals surface area contributed by atoms with Crippen molar-refractivity contribution in [2.75, 3.05) is 0 Å². The highest BCUT2D eigenvalue weighted by Crippen LogP contribution is 2.21. The zero-order valence-electron chi connectivity index (χ0n) is 15.1. The van der Waals surface area contributed by atoms with E-state index in [4.69, 9.17) is 0 Å². The highest BCUT2D eigenvalue weighted by molar-refractivity contribution is 5.02. The van der Waals surface area contributed by atoms with Crippen LogP contribution in [0.5, 0.6) is 0 Å². The van der Waals surface area contributed by atoms with Crippen molar-refractivity contribution in [2.45, 2.75) is 92.1 Å². The molecule has 0 aliphatic heterocycles. The van der Waals surface area contributed by atoms with E-state index in [1.165, 1.54) is 16.7 Å². The van der Waals surface area contributed by atoms with Crippen molar-refractivity contribution in [3.05, 3.63) is 34.9 Å². The maximum absolute atomic E-state index is 10.3. The smallest absolute Gasteiger partial charge is 0.0622 e. The zero-order chi connectivity index (χ0) is 16.3. The first-order chi connectivity index (χ1) is 9.73. The summed E-state index contributed by atoms with van der Waals surface area (Å²) in [7, 11) is 0. The molecule has 0 aromatic rings. The van der Waals surface area contributed by atoms with Gasteiger partial charge in [0.25, 0.3) is 0 Å². The van der Waals surface area contributed by atoms with Crippen molar-refractivity contribution in [1.82, 2.24) is 0 Å². The molecule has 1 nitrogen and oxygen atoms in total. The summed E-state index contributed by atoms with van der Waals surface area (Å²) < 4.78 is 0. The average molecular weight is 293 g/mol. The number of rotatable bonds is 10. The molecule has 21 heavy (non-hydrogen) atoms. The van der Waals surface area contributed by atoms with Gasteiger partial charge in [-0.2, -0.15) is 0 Å². The monoisotopic (exact) mass is 292 g/mol. The Bertz CT molecular complexity index is 361. The number of aliphatic hydroxyl groups is 1. The minimum atomic E-state index is -0.518. The van der Waals surface area contributed by atoms with Crippen LogP contribution in [0.25, 0.3) is 0 Å². The zero-order valence-corrected chi connectivity index (χ0v) is 15.1. The molecular formula is C20H36O. The average Bonchev–Trinajstić information content (AvgIpc) is 2.33. The third-order valence-electron chi connectivity index (χ3n) is 3.74. The molecule has 0 unspecified atom stereocenters. The summed E-state index contributed by atoms with van der Waals surface area (Å²) in [4.78, 5) is 0. The van der Waals surface area contributed by atoms with E-state index >= 15 is 0 Å². The van der Waals surface area contributed by atoms with Gasteiger partial charge in [0.15, 0.2) is 0 Å².